The van der Waals surface area contributed by atoms with Crippen molar-refractivity contribution in [1.29, 1.82) is 5.26 Å². The van der Waals surface area contributed by atoms with Crippen LogP contribution in [0.2, 0.25) is 0 Å². The predicted octanol–water partition coefficient (Wildman–Crippen LogP) is 2.81. The monoisotopic (exact) mass is 413 g/mol. The van der Waals surface area contributed by atoms with E-state index in [0.29, 0.717) is 11.3 Å². The highest BCUT2D eigenvalue weighted by Crippen LogP contribution is 2.29. The SMILES string of the molecule is COc1ccc([N+](=O)[O-])cc1NC(=O)C(C)OC(=O)C(C)Oc1ccc(C#N)cc1. The quantitative estimate of drug-likeness (QED) is 0.396. The lowest BCUT2D eigenvalue weighted by Crippen LogP contribution is -2.35. The Morgan fingerprint density at radius 1 is 1.13 bits per heavy atom. The van der Waals surface area contributed by atoms with E-state index in [1.165, 1.54) is 57.4 Å². The number of nitro benzene ring substituents is 1. The highest BCUT2D eigenvalue weighted by molar-refractivity contribution is 5.96. The van der Waals surface area contributed by atoms with Crippen LogP contribution in [0.4, 0.5) is 11.4 Å². The number of carbonyl (C=O) groups is 2. The van der Waals surface area contributed by atoms with Gasteiger partial charge < -0.3 is 19.5 Å². The van der Waals surface area contributed by atoms with Crippen LogP contribution in [0.1, 0.15) is 19.4 Å². The third-order valence-corrected chi connectivity index (χ3v) is 3.94. The van der Waals surface area contributed by atoms with Gasteiger partial charge in [0, 0.05) is 12.1 Å². The minimum absolute atomic E-state index is 0.0708. The van der Waals surface area contributed by atoms with Gasteiger partial charge in [0.15, 0.2) is 12.2 Å². The van der Waals surface area contributed by atoms with Crippen LogP contribution in [0.3, 0.4) is 0 Å². The second-order valence-corrected chi connectivity index (χ2v) is 6.11. The lowest BCUT2D eigenvalue weighted by atomic mass is 10.2. The summed E-state index contributed by atoms with van der Waals surface area (Å²) < 4.78 is 15.6. The molecule has 0 bridgehead atoms. The topological polar surface area (TPSA) is 141 Å². The zero-order valence-corrected chi connectivity index (χ0v) is 16.4. The van der Waals surface area contributed by atoms with Crippen LogP contribution in [0, 0.1) is 21.4 Å². The number of hydrogen-bond donors (Lipinski definition) is 1. The van der Waals surface area contributed by atoms with Crippen LogP contribution in [0.15, 0.2) is 42.5 Å². The van der Waals surface area contributed by atoms with Gasteiger partial charge in [0.2, 0.25) is 0 Å². The summed E-state index contributed by atoms with van der Waals surface area (Å²) in [5.41, 5.74) is 0.279. The molecule has 0 saturated heterocycles. The van der Waals surface area contributed by atoms with Gasteiger partial charge in [-0.05, 0) is 44.2 Å². The summed E-state index contributed by atoms with van der Waals surface area (Å²) in [5.74, 6) is -0.914. The van der Waals surface area contributed by atoms with Gasteiger partial charge in [-0.2, -0.15) is 5.26 Å². The van der Waals surface area contributed by atoms with E-state index in [0.717, 1.165) is 6.07 Å². The zero-order valence-electron chi connectivity index (χ0n) is 16.4. The molecule has 10 heteroatoms. The Balaban J connectivity index is 1.99. The molecule has 2 aromatic rings. The average Bonchev–Trinajstić information content (AvgIpc) is 2.73. The van der Waals surface area contributed by atoms with Crippen LogP contribution < -0.4 is 14.8 Å². The van der Waals surface area contributed by atoms with Crippen molar-refractivity contribution in [2.75, 3.05) is 12.4 Å². The van der Waals surface area contributed by atoms with Crippen molar-refractivity contribution in [3.8, 4) is 17.6 Å². The number of hydrogen-bond acceptors (Lipinski definition) is 8. The molecule has 0 aromatic heterocycles. The lowest BCUT2D eigenvalue weighted by molar-refractivity contribution is -0.384. The van der Waals surface area contributed by atoms with E-state index in [2.05, 4.69) is 5.32 Å². The first-order valence-electron chi connectivity index (χ1n) is 8.75. The molecule has 1 N–H and O–H groups in total. The number of anilines is 1. The Hall–Kier alpha value is -4.13. The molecule has 0 fully saturated rings. The fourth-order valence-electron chi connectivity index (χ4n) is 2.33. The van der Waals surface area contributed by atoms with Gasteiger partial charge in [0.05, 0.1) is 29.4 Å². The molecule has 0 spiro atoms. The number of benzene rings is 2. The third kappa shape index (κ3) is 5.68. The van der Waals surface area contributed by atoms with Crippen LogP contribution in [-0.4, -0.2) is 36.1 Å². The Labute approximate surface area is 172 Å². The maximum absolute atomic E-state index is 12.4. The van der Waals surface area contributed by atoms with Gasteiger partial charge in [-0.25, -0.2) is 4.79 Å². The van der Waals surface area contributed by atoms with Crippen LogP contribution in [0.5, 0.6) is 11.5 Å². The van der Waals surface area contributed by atoms with E-state index in [1.807, 2.05) is 6.07 Å². The number of nitriles is 1. The first-order chi connectivity index (χ1) is 14.2. The number of ether oxygens (including phenoxy) is 3. The van der Waals surface area contributed by atoms with Crippen molar-refractivity contribution in [2.24, 2.45) is 0 Å². The molecule has 2 aromatic carbocycles. The molecular formula is C20H19N3O7. The van der Waals surface area contributed by atoms with Crippen LogP contribution in [0.25, 0.3) is 0 Å². The first kappa shape index (κ1) is 22.2. The first-order valence-corrected chi connectivity index (χ1v) is 8.75. The third-order valence-electron chi connectivity index (χ3n) is 3.94. The molecule has 0 aliphatic rings. The summed E-state index contributed by atoms with van der Waals surface area (Å²) >= 11 is 0. The highest BCUT2D eigenvalue weighted by Gasteiger charge is 2.24. The van der Waals surface area contributed by atoms with Gasteiger partial charge in [0.1, 0.15) is 11.5 Å². The molecule has 30 heavy (non-hydrogen) atoms. The van der Waals surface area contributed by atoms with E-state index >= 15 is 0 Å². The summed E-state index contributed by atoms with van der Waals surface area (Å²) in [6.07, 6.45) is -2.21. The van der Waals surface area contributed by atoms with Gasteiger partial charge >= 0.3 is 5.97 Å². The van der Waals surface area contributed by atoms with Crippen molar-refractivity contribution in [1.82, 2.24) is 0 Å². The molecule has 10 nitrogen and oxygen atoms in total. The second kappa shape index (κ2) is 9.88. The van der Waals surface area contributed by atoms with E-state index < -0.39 is 29.0 Å². The smallest absolute Gasteiger partial charge is 0.347 e. The van der Waals surface area contributed by atoms with E-state index in [4.69, 9.17) is 19.5 Å². The lowest BCUT2D eigenvalue weighted by Gasteiger charge is -2.18. The van der Waals surface area contributed by atoms with Gasteiger partial charge in [-0.3, -0.25) is 14.9 Å². The molecule has 0 aliphatic heterocycles. The van der Waals surface area contributed by atoms with E-state index in [-0.39, 0.29) is 17.1 Å². The molecule has 2 unspecified atom stereocenters. The number of esters is 1. The normalized spacial score (nSPS) is 12.1. The largest absolute Gasteiger partial charge is 0.495 e. The van der Waals surface area contributed by atoms with Crippen molar-refractivity contribution < 1.29 is 28.7 Å². The maximum atomic E-state index is 12.4. The van der Waals surface area contributed by atoms with E-state index in [9.17, 15) is 19.7 Å². The molecule has 2 rings (SSSR count). The molecule has 156 valence electrons. The molecule has 0 heterocycles. The number of rotatable bonds is 8. The van der Waals surface area contributed by atoms with Crippen LogP contribution in [-0.2, 0) is 14.3 Å². The Kier molecular flexibility index (Phi) is 7.30. The molecular weight excluding hydrogens is 394 g/mol. The Morgan fingerprint density at radius 3 is 2.37 bits per heavy atom. The molecule has 2 atom stereocenters. The number of nitro groups is 1. The van der Waals surface area contributed by atoms with Gasteiger partial charge in [0.25, 0.3) is 11.6 Å². The predicted molar refractivity (Wildman–Crippen MR) is 105 cm³/mol. The van der Waals surface area contributed by atoms with Crippen molar-refractivity contribution in [3.05, 3.63) is 58.1 Å². The molecule has 0 saturated carbocycles. The highest BCUT2D eigenvalue weighted by atomic mass is 16.6. The Morgan fingerprint density at radius 2 is 1.80 bits per heavy atom. The summed E-state index contributed by atoms with van der Waals surface area (Å²) in [4.78, 5) is 34.9. The number of nitrogens with zero attached hydrogens (tertiary/aromatic N) is 2. The number of amides is 1. The van der Waals surface area contributed by atoms with Crippen molar-refractivity contribution in [2.45, 2.75) is 26.1 Å². The van der Waals surface area contributed by atoms with Gasteiger partial charge in [-0.1, -0.05) is 0 Å². The minimum atomic E-state index is -1.20. The summed E-state index contributed by atoms with van der Waals surface area (Å²) in [5, 5.41) is 22.2. The standard InChI is InChI=1S/C20H19N3O7/c1-12(19(24)22-17-10-15(23(26)27)6-9-18(17)28-3)30-20(25)13(2)29-16-7-4-14(11-21)5-8-16/h4-10,12-13H,1-3H3,(H,22,24). The fourth-order valence-corrected chi connectivity index (χ4v) is 2.33. The maximum Gasteiger partial charge on any atom is 0.347 e. The average molecular weight is 413 g/mol. The number of non-ortho nitro benzene ring substituents is 1. The summed E-state index contributed by atoms with van der Waals surface area (Å²) in [7, 11) is 1.35. The van der Waals surface area contributed by atoms with Gasteiger partial charge in [-0.15, -0.1) is 0 Å². The fraction of sp³-hybridized carbons (Fsp3) is 0.250. The minimum Gasteiger partial charge on any atom is -0.495 e. The second-order valence-electron chi connectivity index (χ2n) is 6.11. The molecule has 0 aliphatic carbocycles. The summed E-state index contributed by atoms with van der Waals surface area (Å²) in [6.45, 7) is 2.81. The number of methoxy groups -OCH3 is 1. The van der Waals surface area contributed by atoms with Crippen LogP contribution >= 0.6 is 0 Å². The zero-order chi connectivity index (χ0) is 22.3. The van der Waals surface area contributed by atoms with E-state index in [1.54, 1.807) is 0 Å². The Bertz CT molecular complexity index is 983. The van der Waals surface area contributed by atoms with Crippen molar-refractivity contribution in [3.63, 3.8) is 0 Å². The number of carbonyl (C=O) groups excluding carboxylic acids is 2. The number of nitrogens with one attached hydrogen (secondary N) is 1. The molecule has 0 radical (unpaired) electrons. The summed E-state index contributed by atoms with van der Waals surface area (Å²) in [6, 6.07) is 11.8. The molecule has 1 amide bonds. The van der Waals surface area contributed by atoms with Crippen molar-refractivity contribution >= 4 is 23.3 Å².